The van der Waals surface area contributed by atoms with Crippen molar-refractivity contribution in [3.8, 4) is 0 Å². The zero-order valence-corrected chi connectivity index (χ0v) is 13.9. The molecule has 1 heterocycles. The molecular formula is C18H20ClN3O. The molecule has 4 nitrogen and oxygen atoms in total. The lowest BCUT2D eigenvalue weighted by molar-refractivity contribution is 0.0746. The number of hydrogen-bond donors (Lipinski definition) is 1. The van der Waals surface area contributed by atoms with E-state index in [2.05, 4.69) is 4.90 Å². The second-order valence-electron chi connectivity index (χ2n) is 5.83. The Bertz CT molecular complexity index is 724. The van der Waals surface area contributed by atoms with Crippen molar-refractivity contribution >= 4 is 28.9 Å². The number of nitrogen functional groups attached to an aromatic ring is 1. The molecule has 1 amide bonds. The highest BCUT2D eigenvalue weighted by Gasteiger charge is 2.22. The summed E-state index contributed by atoms with van der Waals surface area (Å²) in [5.41, 5.74) is 9.28. The van der Waals surface area contributed by atoms with E-state index in [0.717, 1.165) is 29.4 Å². The Morgan fingerprint density at radius 3 is 2.48 bits per heavy atom. The fraction of sp³-hybridized carbons (Fsp3) is 0.278. The maximum Gasteiger partial charge on any atom is 0.253 e. The van der Waals surface area contributed by atoms with Gasteiger partial charge in [0, 0.05) is 48.1 Å². The lowest BCUT2D eigenvalue weighted by Gasteiger charge is -2.36. The lowest BCUT2D eigenvalue weighted by atomic mass is 10.1. The number of piperazine rings is 1. The van der Waals surface area contributed by atoms with Crippen molar-refractivity contribution in [2.75, 3.05) is 36.8 Å². The Balaban J connectivity index is 1.66. The van der Waals surface area contributed by atoms with Crippen LogP contribution in [0.25, 0.3) is 0 Å². The van der Waals surface area contributed by atoms with Crippen LogP contribution >= 0.6 is 11.6 Å². The van der Waals surface area contributed by atoms with Gasteiger partial charge in [0.1, 0.15) is 0 Å². The summed E-state index contributed by atoms with van der Waals surface area (Å²) in [6, 6.07) is 13.3. The van der Waals surface area contributed by atoms with Crippen molar-refractivity contribution in [2.24, 2.45) is 0 Å². The van der Waals surface area contributed by atoms with Crippen molar-refractivity contribution in [3.05, 3.63) is 58.6 Å². The largest absolute Gasteiger partial charge is 0.399 e. The third-order valence-corrected chi connectivity index (χ3v) is 4.49. The molecule has 0 radical (unpaired) electrons. The van der Waals surface area contributed by atoms with Crippen molar-refractivity contribution in [2.45, 2.75) is 6.92 Å². The molecule has 0 spiro atoms. The molecule has 2 N–H and O–H groups in total. The monoisotopic (exact) mass is 329 g/mol. The Kier molecular flexibility index (Phi) is 4.44. The zero-order valence-electron chi connectivity index (χ0n) is 13.1. The maximum atomic E-state index is 12.6. The van der Waals surface area contributed by atoms with E-state index < -0.39 is 0 Å². The second-order valence-corrected chi connectivity index (χ2v) is 6.27. The first-order valence-corrected chi connectivity index (χ1v) is 8.08. The minimum absolute atomic E-state index is 0.0684. The molecule has 2 aromatic carbocycles. The number of anilines is 2. The zero-order chi connectivity index (χ0) is 16.4. The summed E-state index contributed by atoms with van der Waals surface area (Å²) >= 11 is 6.05. The molecule has 0 saturated carbocycles. The van der Waals surface area contributed by atoms with E-state index >= 15 is 0 Å². The van der Waals surface area contributed by atoms with Crippen molar-refractivity contribution in [3.63, 3.8) is 0 Å². The van der Waals surface area contributed by atoms with E-state index in [1.54, 1.807) is 12.1 Å². The number of nitrogens with zero attached hydrogens (tertiary/aromatic N) is 2. The number of aryl methyl sites for hydroxylation is 1. The van der Waals surface area contributed by atoms with Crippen LogP contribution < -0.4 is 10.6 Å². The molecule has 5 heteroatoms. The van der Waals surface area contributed by atoms with Crippen LogP contribution in [0, 0.1) is 6.92 Å². The summed E-state index contributed by atoms with van der Waals surface area (Å²) in [5.74, 6) is 0.0684. The number of benzene rings is 2. The quantitative estimate of drug-likeness (QED) is 0.861. The molecule has 120 valence electrons. The first kappa shape index (κ1) is 15.7. The van der Waals surface area contributed by atoms with Crippen LogP contribution in [0.3, 0.4) is 0 Å². The first-order valence-electron chi connectivity index (χ1n) is 7.70. The van der Waals surface area contributed by atoms with Crippen LogP contribution in [0.5, 0.6) is 0 Å². The SMILES string of the molecule is Cc1cc(C(=O)N2CCN(c3cccc(Cl)c3)CC2)ccc1N. The molecule has 3 rings (SSSR count). The summed E-state index contributed by atoms with van der Waals surface area (Å²) in [6.45, 7) is 4.94. The molecule has 1 aliphatic heterocycles. The number of nitrogens with two attached hydrogens (primary N) is 1. The van der Waals surface area contributed by atoms with Gasteiger partial charge in [0.05, 0.1) is 0 Å². The summed E-state index contributed by atoms with van der Waals surface area (Å²) in [7, 11) is 0. The van der Waals surface area contributed by atoms with E-state index in [4.69, 9.17) is 17.3 Å². The molecule has 1 fully saturated rings. The molecule has 0 bridgehead atoms. The molecule has 0 atom stereocenters. The molecule has 0 aliphatic carbocycles. The number of carbonyl (C=O) groups is 1. The van der Waals surface area contributed by atoms with Gasteiger partial charge in [0.25, 0.3) is 5.91 Å². The Hall–Kier alpha value is -2.20. The average Bonchev–Trinajstić information content (AvgIpc) is 2.57. The molecule has 23 heavy (non-hydrogen) atoms. The predicted molar refractivity (Wildman–Crippen MR) is 95.2 cm³/mol. The first-order chi connectivity index (χ1) is 11.0. The fourth-order valence-corrected chi connectivity index (χ4v) is 3.02. The van der Waals surface area contributed by atoms with Gasteiger partial charge in [-0.1, -0.05) is 17.7 Å². The highest BCUT2D eigenvalue weighted by molar-refractivity contribution is 6.30. The van der Waals surface area contributed by atoms with Gasteiger partial charge in [-0.25, -0.2) is 0 Å². The molecular weight excluding hydrogens is 310 g/mol. The van der Waals surface area contributed by atoms with Crippen LogP contribution in [-0.4, -0.2) is 37.0 Å². The van der Waals surface area contributed by atoms with Gasteiger partial charge < -0.3 is 15.5 Å². The Morgan fingerprint density at radius 1 is 1.09 bits per heavy atom. The fourth-order valence-electron chi connectivity index (χ4n) is 2.83. The summed E-state index contributed by atoms with van der Waals surface area (Å²) in [5, 5.41) is 0.735. The molecule has 2 aromatic rings. The normalized spacial score (nSPS) is 14.9. The molecule has 0 unspecified atom stereocenters. The van der Waals surface area contributed by atoms with Crippen molar-refractivity contribution < 1.29 is 4.79 Å². The van der Waals surface area contributed by atoms with Crippen molar-refractivity contribution in [1.29, 1.82) is 0 Å². The summed E-state index contributed by atoms with van der Waals surface area (Å²) < 4.78 is 0. The lowest BCUT2D eigenvalue weighted by Crippen LogP contribution is -2.48. The number of hydrogen-bond acceptors (Lipinski definition) is 3. The van der Waals surface area contributed by atoms with E-state index in [1.165, 1.54) is 0 Å². The minimum atomic E-state index is 0.0684. The van der Waals surface area contributed by atoms with E-state index in [9.17, 15) is 4.79 Å². The van der Waals surface area contributed by atoms with Crippen LogP contribution in [0.4, 0.5) is 11.4 Å². The summed E-state index contributed by atoms with van der Waals surface area (Å²) in [4.78, 5) is 16.8. The average molecular weight is 330 g/mol. The van der Waals surface area contributed by atoms with Crippen LogP contribution in [0.15, 0.2) is 42.5 Å². The van der Waals surface area contributed by atoms with Gasteiger partial charge in [0.2, 0.25) is 0 Å². The van der Waals surface area contributed by atoms with E-state index in [0.29, 0.717) is 24.3 Å². The van der Waals surface area contributed by atoms with Crippen LogP contribution in [0.2, 0.25) is 5.02 Å². The third-order valence-electron chi connectivity index (χ3n) is 4.26. The number of amides is 1. The van der Waals surface area contributed by atoms with E-state index in [1.807, 2.05) is 42.2 Å². The van der Waals surface area contributed by atoms with Gasteiger partial charge >= 0.3 is 0 Å². The van der Waals surface area contributed by atoms with E-state index in [-0.39, 0.29) is 5.91 Å². The maximum absolute atomic E-state index is 12.6. The summed E-state index contributed by atoms with van der Waals surface area (Å²) in [6.07, 6.45) is 0. The minimum Gasteiger partial charge on any atom is -0.399 e. The standard InChI is InChI=1S/C18H20ClN3O/c1-13-11-14(5-6-17(13)20)18(23)22-9-7-21(8-10-22)16-4-2-3-15(19)12-16/h2-6,11-12H,7-10,20H2,1H3. The number of halogens is 1. The molecule has 0 aromatic heterocycles. The second kappa shape index (κ2) is 6.50. The smallest absolute Gasteiger partial charge is 0.253 e. The van der Waals surface area contributed by atoms with Gasteiger partial charge in [-0.3, -0.25) is 4.79 Å². The van der Waals surface area contributed by atoms with Gasteiger partial charge in [0.15, 0.2) is 0 Å². The van der Waals surface area contributed by atoms with Crippen LogP contribution in [0.1, 0.15) is 15.9 Å². The number of rotatable bonds is 2. The van der Waals surface area contributed by atoms with Crippen molar-refractivity contribution in [1.82, 2.24) is 4.90 Å². The van der Waals surface area contributed by atoms with Gasteiger partial charge in [-0.15, -0.1) is 0 Å². The Labute approximate surface area is 141 Å². The molecule has 1 aliphatic rings. The highest BCUT2D eigenvalue weighted by Crippen LogP contribution is 2.21. The van der Waals surface area contributed by atoms with Gasteiger partial charge in [-0.05, 0) is 48.9 Å². The topological polar surface area (TPSA) is 49.6 Å². The highest BCUT2D eigenvalue weighted by atomic mass is 35.5. The van der Waals surface area contributed by atoms with Crippen LogP contribution in [-0.2, 0) is 0 Å². The molecule has 1 saturated heterocycles. The third kappa shape index (κ3) is 3.42. The number of carbonyl (C=O) groups excluding carboxylic acids is 1. The van der Waals surface area contributed by atoms with Gasteiger partial charge in [-0.2, -0.15) is 0 Å². The Morgan fingerprint density at radius 2 is 1.83 bits per heavy atom. The predicted octanol–water partition coefficient (Wildman–Crippen LogP) is 3.19.